The highest BCUT2D eigenvalue weighted by atomic mass is 32.2. The normalized spacial score (nSPS) is 12.1. The largest absolute Gasteiger partial charge is 0.248 e. The zero-order chi connectivity index (χ0) is 13.1. The molecule has 0 aliphatic carbocycles. The third-order valence-electron chi connectivity index (χ3n) is 2.41. The predicted octanol–water partition coefficient (Wildman–Crippen LogP) is 2.39. The van der Waals surface area contributed by atoms with Gasteiger partial charge in [-0.05, 0) is 18.6 Å². The molecule has 0 unspecified atom stereocenters. The number of benzene rings is 1. The lowest BCUT2D eigenvalue weighted by molar-refractivity contribution is 0.443. The number of halogens is 2. The van der Waals surface area contributed by atoms with Crippen molar-refractivity contribution >= 4 is 10.0 Å². The summed E-state index contributed by atoms with van der Waals surface area (Å²) >= 11 is 0. The molecule has 0 radical (unpaired) electrons. The molecular weight excluding hydrogens is 248 g/mol. The Morgan fingerprint density at radius 2 is 1.76 bits per heavy atom. The Bertz CT molecular complexity index is 468. The minimum Gasteiger partial charge on any atom is -0.207 e. The number of sulfonamides is 1. The number of nitrogens with zero attached hydrogens (tertiary/aromatic N) is 1. The summed E-state index contributed by atoms with van der Waals surface area (Å²) in [5.41, 5.74) is 0. The van der Waals surface area contributed by atoms with Gasteiger partial charge < -0.3 is 0 Å². The first kappa shape index (κ1) is 14.1. The summed E-state index contributed by atoms with van der Waals surface area (Å²) in [6.07, 6.45) is 1.45. The van der Waals surface area contributed by atoms with Crippen molar-refractivity contribution in [2.24, 2.45) is 0 Å². The molecule has 6 heteroatoms. The van der Waals surface area contributed by atoms with Gasteiger partial charge in [0, 0.05) is 13.6 Å². The Balaban J connectivity index is 3.13. The van der Waals surface area contributed by atoms with E-state index in [1.807, 2.05) is 6.92 Å². The second kappa shape index (κ2) is 5.55. The zero-order valence-corrected chi connectivity index (χ0v) is 10.6. The van der Waals surface area contributed by atoms with E-state index in [-0.39, 0.29) is 6.54 Å². The molecule has 1 aromatic rings. The van der Waals surface area contributed by atoms with Gasteiger partial charge in [0.15, 0.2) is 4.90 Å². The highest BCUT2D eigenvalue weighted by Gasteiger charge is 2.27. The molecule has 0 heterocycles. The van der Waals surface area contributed by atoms with E-state index < -0.39 is 26.6 Å². The number of hydrogen-bond acceptors (Lipinski definition) is 2. The second-order valence-corrected chi connectivity index (χ2v) is 5.71. The molecule has 0 saturated carbocycles. The molecule has 0 fully saturated rings. The van der Waals surface area contributed by atoms with E-state index in [0.29, 0.717) is 6.42 Å². The summed E-state index contributed by atoms with van der Waals surface area (Å²) in [6, 6.07) is 3.00. The molecule has 0 atom stereocenters. The summed E-state index contributed by atoms with van der Waals surface area (Å²) in [6.45, 7) is 2.15. The van der Waals surface area contributed by atoms with E-state index in [0.717, 1.165) is 28.9 Å². The third kappa shape index (κ3) is 3.01. The van der Waals surface area contributed by atoms with Crippen LogP contribution in [0.4, 0.5) is 8.78 Å². The van der Waals surface area contributed by atoms with Gasteiger partial charge in [0.05, 0.1) is 0 Å². The maximum Gasteiger partial charge on any atom is 0.248 e. The van der Waals surface area contributed by atoms with Crippen molar-refractivity contribution < 1.29 is 17.2 Å². The smallest absolute Gasteiger partial charge is 0.207 e. The maximum absolute atomic E-state index is 13.4. The average Bonchev–Trinajstić information content (AvgIpc) is 2.25. The van der Waals surface area contributed by atoms with Crippen LogP contribution in [-0.2, 0) is 10.0 Å². The fourth-order valence-electron chi connectivity index (χ4n) is 1.39. The van der Waals surface area contributed by atoms with Gasteiger partial charge in [0.25, 0.3) is 0 Å². The first-order chi connectivity index (χ1) is 7.91. The lowest BCUT2D eigenvalue weighted by Gasteiger charge is -2.17. The number of rotatable bonds is 5. The Morgan fingerprint density at radius 1 is 1.24 bits per heavy atom. The Morgan fingerprint density at radius 3 is 2.24 bits per heavy atom. The van der Waals surface area contributed by atoms with E-state index in [1.54, 1.807) is 0 Å². The van der Waals surface area contributed by atoms with Gasteiger partial charge in [-0.2, -0.15) is 0 Å². The molecule has 0 spiro atoms. The van der Waals surface area contributed by atoms with E-state index in [2.05, 4.69) is 0 Å². The van der Waals surface area contributed by atoms with E-state index in [1.165, 1.54) is 7.05 Å². The molecule has 0 aliphatic heterocycles. The van der Waals surface area contributed by atoms with E-state index >= 15 is 0 Å². The topological polar surface area (TPSA) is 37.4 Å². The van der Waals surface area contributed by atoms with Crippen molar-refractivity contribution in [3.05, 3.63) is 29.8 Å². The van der Waals surface area contributed by atoms with Crippen LogP contribution in [0.25, 0.3) is 0 Å². The summed E-state index contributed by atoms with van der Waals surface area (Å²) in [5, 5.41) is 0. The lowest BCUT2D eigenvalue weighted by Crippen LogP contribution is -2.29. The minimum absolute atomic E-state index is 0.243. The molecule has 17 heavy (non-hydrogen) atoms. The van der Waals surface area contributed by atoms with Gasteiger partial charge in [-0.25, -0.2) is 21.5 Å². The van der Waals surface area contributed by atoms with Crippen LogP contribution in [0.5, 0.6) is 0 Å². The van der Waals surface area contributed by atoms with Crippen LogP contribution in [0.2, 0.25) is 0 Å². The van der Waals surface area contributed by atoms with E-state index in [9.17, 15) is 17.2 Å². The predicted molar refractivity (Wildman–Crippen MR) is 61.1 cm³/mol. The molecule has 0 N–H and O–H groups in total. The Labute approximate surface area is 100 Å². The fourth-order valence-corrected chi connectivity index (χ4v) is 2.70. The lowest BCUT2D eigenvalue weighted by atomic mass is 10.3. The fraction of sp³-hybridized carbons (Fsp3) is 0.455. The van der Waals surface area contributed by atoms with Crippen LogP contribution in [0.1, 0.15) is 19.8 Å². The highest BCUT2D eigenvalue weighted by molar-refractivity contribution is 7.89. The molecule has 0 aliphatic rings. The van der Waals surface area contributed by atoms with Crippen LogP contribution < -0.4 is 0 Å². The Kier molecular flexibility index (Phi) is 4.59. The van der Waals surface area contributed by atoms with Crippen molar-refractivity contribution in [1.82, 2.24) is 4.31 Å². The standard InChI is InChI=1S/C11H15F2NO2S/c1-3-4-8-14(2)17(15,16)11-9(12)6-5-7-10(11)13/h5-7H,3-4,8H2,1-2H3. The van der Waals surface area contributed by atoms with E-state index in [4.69, 9.17) is 0 Å². The van der Waals surface area contributed by atoms with Gasteiger partial charge in [-0.1, -0.05) is 19.4 Å². The minimum atomic E-state index is -4.09. The summed E-state index contributed by atoms with van der Waals surface area (Å²) in [7, 11) is -2.77. The average molecular weight is 263 g/mol. The van der Waals surface area contributed by atoms with Crippen LogP contribution >= 0.6 is 0 Å². The van der Waals surface area contributed by atoms with Gasteiger partial charge in [0.1, 0.15) is 11.6 Å². The molecule has 3 nitrogen and oxygen atoms in total. The zero-order valence-electron chi connectivity index (χ0n) is 9.78. The van der Waals surface area contributed by atoms with Gasteiger partial charge in [0.2, 0.25) is 10.0 Å². The van der Waals surface area contributed by atoms with Crippen molar-refractivity contribution in [1.29, 1.82) is 0 Å². The molecule has 0 aromatic heterocycles. The van der Waals surface area contributed by atoms with Gasteiger partial charge >= 0.3 is 0 Å². The van der Waals surface area contributed by atoms with Crippen LogP contribution in [0.3, 0.4) is 0 Å². The number of unbranched alkanes of at least 4 members (excludes halogenated alkanes) is 1. The summed E-state index contributed by atoms with van der Waals surface area (Å²) in [5.74, 6) is -2.12. The highest BCUT2D eigenvalue weighted by Crippen LogP contribution is 2.21. The van der Waals surface area contributed by atoms with Crippen LogP contribution in [-0.4, -0.2) is 26.3 Å². The van der Waals surface area contributed by atoms with Gasteiger partial charge in [-0.3, -0.25) is 0 Å². The molecule has 1 rings (SSSR count). The summed E-state index contributed by atoms with van der Waals surface area (Å²) in [4.78, 5) is -0.876. The molecule has 1 aromatic carbocycles. The molecule has 96 valence electrons. The SMILES string of the molecule is CCCCN(C)S(=O)(=O)c1c(F)cccc1F. The Hall–Kier alpha value is -1.01. The first-order valence-electron chi connectivity index (χ1n) is 5.31. The van der Waals surface area contributed by atoms with Crippen molar-refractivity contribution in [3.8, 4) is 0 Å². The molecule has 0 amide bonds. The second-order valence-electron chi connectivity index (χ2n) is 3.73. The number of hydrogen-bond donors (Lipinski definition) is 0. The quantitative estimate of drug-likeness (QED) is 0.818. The van der Waals surface area contributed by atoms with Crippen molar-refractivity contribution in [2.75, 3.05) is 13.6 Å². The first-order valence-corrected chi connectivity index (χ1v) is 6.75. The molecule has 0 saturated heterocycles. The molecule has 0 bridgehead atoms. The van der Waals surface area contributed by atoms with Crippen molar-refractivity contribution in [3.63, 3.8) is 0 Å². The third-order valence-corrected chi connectivity index (χ3v) is 4.32. The monoisotopic (exact) mass is 263 g/mol. The summed E-state index contributed by atoms with van der Waals surface area (Å²) < 4.78 is 51.6. The van der Waals surface area contributed by atoms with Crippen LogP contribution in [0.15, 0.2) is 23.1 Å². The molecular formula is C11H15F2NO2S. The van der Waals surface area contributed by atoms with Crippen LogP contribution in [0, 0.1) is 11.6 Å². The van der Waals surface area contributed by atoms with Gasteiger partial charge in [-0.15, -0.1) is 0 Å². The maximum atomic E-state index is 13.4. The van der Waals surface area contributed by atoms with Crippen molar-refractivity contribution in [2.45, 2.75) is 24.7 Å².